The van der Waals surface area contributed by atoms with Gasteiger partial charge in [0.2, 0.25) is 0 Å². The third kappa shape index (κ3) is 3.23. The lowest BCUT2D eigenvalue weighted by Crippen LogP contribution is -2.40. The number of anilines is 1. The van der Waals surface area contributed by atoms with Crippen LogP contribution in [0.15, 0.2) is 22.7 Å². The van der Waals surface area contributed by atoms with Crippen molar-refractivity contribution >= 4 is 21.6 Å². The third-order valence-electron chi connectivity index (χ3n) is 3.70. The van der Waals surface area contributed by atoms with Crippen molar-refractivity contribution in [2.75, 3.05) is 12.3 Å². The Morgan fingerprint density at radius 3 is 2.82 bits per heavy atom. The van der Waals surface area contributed by atoms with Crippen LogP contribution in [-0.4, -0.2) is 17.5 Å². The van der Waals surface area contributed by atoms with Crippen molar-refractivity contribution in [3.8, 4) is 0 Å². The molecule has 0 aromatic heterocycles. The molecule has 2 nitrogen and oxygen atoms in total. The zero-order valence-corrected chi connectivity index (χ0v) is 12.2. The number of halogens is 1. The van der Waals surface area contributed by atoms with Crippen molar-refractivity contribution in [2.45, 2.75) is 39.3 Å². The average molecular weight is 297 g/mol. The molecule has 1 aromatic rings. The van der Waals surface area contributed by atoms with Gasteiger partial charge in [-0.25, -0.2) is 0 Å². The number of likely N-dealkylation sites (tertiary alicyclic amines) is 1. The summed E-state index contributed by atoms with van der Waals surface area (Å²) in [5.74, 6) is 0.818. The maximum absolute atomic E-state index is 5.77. The van der Waals surface area contributed by atoms with Crippen LogP contribution in [0.3, 0.4) is 0 Å². The molecule has 0 radical (unpaired) electrons. The fourth-order valence-electron chi connectivity index (χ4n) is 2.51. The van der Waals surface area contributed by atoms with Crippen molar-refractivity contribution in [1.29, 1.82) is 0 Å². The molecule has 1 fully saturated rings. The highest BCUT2D eigenvalue weighted by atomic mass is 79.9. The first-order chi connectivity index (χ1) is 8.06. The zero-order chi connectivity index (χ0) is 12.4. The van der Waals surface area contributed by atoms with E-state index in [0.717, 1.165) is 22.6 Å². The summed E-state index contributed by atoms with van der Waals surface area (Å²) in [5, 5.41) is 0. The molecule has 1 aliphatic rings. The number of hydrogen-bond acceptors (Lipinski definition) is 2. The molecule has 0 spiro atoms. The van der Waals surface area contributed by atoms with Gasteiger partial charge in [-0.2, -0.15) is 0 Å². The van der Waals surface area contributed by atoms with E-state index in [9.17, 15) is 0 Å². The lowest BCUT2D eigenvalue weighted by molar-refractivity contribution is 0.117. The molecule has 94 valence electrons. The predicted octanol–water partition coefficient (Wildman–Crippen LogP) is 3.65. The summed E-state index contributed by atoms with van der Waals surface area (Å²) in [6, 6.07) is 6.80. The average Bonchev–Trinajstić information content (AvgIpc) is 2.27. The molecule has 1 aromatic carbocycles. The summed E-state index contributed by atoms with van der Waals surface area (Å²) in [7, 11) is 0. The van der Waals surface area contributed by atoms with E-state index in [1.807, 2.05) is 12.1 Å². The number of benzene rings is 1. The van der Waals surface area contributed by atoms with E-state index in [0.29, 0.717) is 6.04 Å². The molecule has 17 heavy (non-hydrogen) atoms. The number of rotatable bonds is 2. The van der Waals surface area contributed by atoms with Gasteiger partial charge in [-0.05, 0) is 43.4 Å². The second-order valence-corrected chi connectivity index (χ2v) is 6.17. The van der Waals surface area contributed by atoms with E-state index in [4.69, 9.17) is 5.73 Å². The molecule has 1 aliphatic heterocycles. The molecule has 2 unspecified atom stereocenters. The van der Waals surface area contributed by atoms with E-state index in [-0.39, 0.29) is 0 Å². The lowest BCUT2D eigenvalue weighted by Gasteiger charge is -2.37. The molecule has 2 rings (SSSR count). The number of hydrogen-bond donors (Lipinski definition) is 1. The van der Waals surface area contributed by atoms with Gasteiger partial charge < -0.3 is 5.73 Å². The van der Waals surface area contributed by atoms with E-state index in [2.05, 4.69) is 40.7 Å². The minimum absolute atomic E-state index is 0.690. The Labute approximate surface area is 112 Å². The monoisotopic (exact) mass is 296 g/mol. The fraction of sp³-hybridized carbons (Fsp3) is 0.571. The van der Waals surface area contributed by atoms with Crippen LogP contribution in [0.2, 0.25) is 0 Å². The summed E-state index contributed by atoms with van der Waals surface area (Å²) >= 11 is 3.60. The first kappa shape index (κ1) is 12.9. The van der Waals surface area contributed by atoms with Gasteiger partial charge in [-0.15, -0.1) is 0 Å². The van der Waals surface area contributed by atoms with E-state index in [1.54, 1.807) is 0 Å². The van der Waals surface area contributed by atoms with Crippen LogP contribution in [0.5, 0.6) is 0 Å². The molecular weight excluding hydrogens is 276 g/mol. The third-order valence-corrected chi connectivity index (χ3v) is 4.44. The standard InChI is InChI=1S/C14H21BrN2/c1-10-3-4-11(2)17(8-10)9-12-5-6-13(16)7-14(12)15/h5-7,10-11H,3-4,8-9,16H2,1-2H3. The summed E-state index contributed by atoms with van der Waals surface area (Å²) in [5.41, 5.74) is 7.92. The van der Waals surface area contributed by atoms with Crippen LogP contribution in [0.4, 0.5) is 5.69 Å². The quantitative estimate of drug-likeness (QED) is 0.844. The highest BCUT2D eigenvalue weighted by molar-refractivity contribution is 9.10. The molecule has 3 heteroatoms. The van der Waals surface area contributed by atoms with Gasteiger partial charge in [0, 0.05) is 29.3 Å². The van der Waals surface area contributed by atoms with Crippen molar-refractivity contribution in [3.63, 3.8) is 0 Å². The molecule has 0 bridgehead atoms. The van der Waals surface area contributed by atoms with Crippen molar-refractivity contribution in [2.24, 2.45) is 5.92 Å². The second kappa shape index (κ2) is 5.40. The van der Waals surface area contributed by atoms with Crippen molar-refractivity contribution < 1.29 is 0 Å². The SMILES string of the molecule is CC1CCC(C)N(Cc2ccc(N)cc2Br)C1. The summed E-state index contributed by atoms with van der Waals surface area (Å²) < 4.78 is 1.13. The highest BCUT2D eigenvalue weighted by Crippen LogP contribution is 2.26. The topological polar surface area (TPSA) is 29.3 Å². The van der Waals surface area contributed by atoms with Gasteiger partial charge in [0.25, 0.3) is 0 Å². The van der Waals surface area contributed by atoms with Gasteiger partial charge in [0.05, 0.1) is 0 Å². The maximum atomic E-state index is 5.77. The molecule has 0 saturated carbocycles. The van der Waals surface area contributed by atoms with Gasteiger partial charge in [0.15, 0.2) is 0 Å². The molecule has 1 saturated heterocycles. The van der Waals surface area contributed by atoms with E-state index < -0.39 is 0 Å². The Bertz CT molecular complexity index is 392. The zero-order valence-electron chi connectivity index (χ0n) is 10.6. The van der Waals surface area contributed by atoms with E-state index >= 15 is 0 Å². The number of nitrogen functional groups attached to an aromatic ring is 1. The summed E-state index contributed by atoms with van der Waals surface area (Å²) in [4.78, 5) is 2.57. The molecule has 2 atom stereocenters. The van der Waals surface area contributed by atoms with Gasteiger partial charge in [0.1, 0.15) is 0 Å². The van der Waals surface area contributed by atoms with Crippen LogP contribution in [-0.2, 0) is 6.54 Å². The van der Waals surface area contributed by atoms with Gasteiger partial charge in [-0.1, -0.05) is 28.9 Å². The molecular formula is C14H21BrN2. The molecule has 1 heterocycles. The van der Waals surface area contributed by atoms with Gasteiger partial charge in [-0.3, -0.25) is 4.90 Å². The van der Waals surface area contributed by atoms with Crippen LogP contribution in [0.25, 0.3) is 0 Å². The minimum atomic E-state index is 0.690. The highest BCUT2D eigenvalue weighted by Gasteiger charge is 2.23. The Balaban J connectivity index is 2.08. The van der Waals surface area contributed by atoms with Crippen LogP contribution in [0.1, 0.15) is 32.3 Å². The van der Waals surface area contributed by atoms with Gasteiger partial charge >= 0.3 is 0 Å². The number of nitrogens with zero attached hydrogens (tertiary/aromatic N) is 1. The minimum Gasteiger partial charge on any atom is -0.399 e. The summed E-state index contributed by atoms with van der Waals surface area (Å²) in [6.07, 6.45) is 2.67. The second-order valence-electron chi connectivity index (χ2n) is 5.31. The number of nitrogens with two attached hydrogens (primary N) is 1. The number of piperidine rings is 1. The maximum Gasteiger partial charge on any atom is 0.0325 e. The molecule has 2 N–H and O–H groups in total. The van der Waals surface area contributed by atoms with Crippen LogP contribution >= 0.6 is 15.9 Å². The van der Waals surface area contributed by atoms with E-state index in [1.165, 1.54) is 24.9 Å². The Hall–Kier alpha value is -0.540. The largest absolute Gasteiger partial charge is 0.399 e. The molecule has 0 amide bonds. The van der Waals surface area contributed by atoms with Crippen LogP contribution < -0.4 is 5.73 Å². The predicted molar refractivity (Wildman–Crippen MR) is 76.8 cm³/mol. The van der Waals surface area contributed by atoms with Crippen molar-refractivity contribution in [1.82, 2.24) is 4.90 Å². The molecule has 0 aliphatic carbocycles. The Morgan fingerprint density at radius 2 is 2.12 bits per heavy atom. The summed E-state index contributed by atoms with van der Waals surface area (Å²) in [6.45, 7) is 6.90. The van der Waals surface area contributed by atoms with Crippen LogP contribution in [0, 0.1) is 5.92 Å². The fourth-order valence-corrected chi connectivity index (χ4v) is 3.03. The van der Waals surface area contributed by atoms with Crippen molar-refractivity contribution in [3.05, 3.63) is 28.2 Å². The lowest BCUT2D eigenvalue weighted by atomic mass is 9.94. The smallest absolute Gasteiger partial charge is 0.0325 e. The first-order valence-electron chi connectivity index (χ1n) is 6.34. The Morgan fingerprint density at radius 1 is 1.35 bits per heavy atom. The normalized spacial score (nSPS) is 26.1. The first-order valence-corrected chi connectivity index (χ1v) is 7.13. The Kier molecular flexibility index (Phi) is 4.10.